The Morgan fingerprint density at radius 1 is 1.21 bits per heavy atom. The second-order valence-corrected chi connectivity index (χ2v) is 5.51. The topological polar surface area (TPSA) is 69.0 Å². The smallest absolute Gasteiger partial charge is 0.307 e. The number of aryl methyl sites for hydroxylation is 2. The number of carbonyl (C=O) groups is 1. The van der Waals surface area contributed by atoms with E-state index in [0.717, 1.165) is 22.5 Å². The Morgan fingerprint density at radius 2 is 2.00 bits per heavy atom. The van der Waals surface area contributed by atoms with Crippen LogP contribution in [0.1, 0.15) is 18.9 Å². The molecule has 24 heavy (non-hydrogen) atoms. The normalized spacial score (nSPS) is 10.8. The van der Waals surface area contributed by atoms with E-state index in [0.29, 0.717) is 19.6 Å². The predicted molar refractivity (Wildman–Crippen MR) is 93.2 cm³/mol. The molecule has 2 aromatic heterocycles. The number of rotatable bonds is 6. The zero-order valence-corrected chi connectivity index (χ0v) is 13.8. The number of esters is 1. The van der Waals surface area contributed by atoms with Crippen molar-refractivity contribution in [2.45, 2.75) is 26.8 Å². The molecule has 0 bridgehead atoms. The summed E-state index contributed by atoms with van der Waals surface area (Å²) in [5.41, 5.74) is 2.97. The van der Waals surface area contributed by atoms with Gasteiger partial charge in [0.25, 0.3) is 0 Å². The maximum Gasteiger partial charge on any atom is 0.307 e. The number of benzene rings is 1. The molecular formula is C18H20N4O2. The van der Waals surface area contributed by atoms with Gasteiger partial charge in [0.05, 0.1) is 18.4 Å². The molecule has 0 spiro atoms. The van der Waals surface area contributed by atoms with Crippen LogP contribution in [-0.4, -0.2) is 27.1 Å². The first-order valence-electron chi connectivity index (χ1n) is 7.96. The summed E-state index contributed by atoms with van der Waals surface area (Å²) in [6.45, 7) is 4.79. The summed E-state index contributed by atoms with van der Waals surface area (Å²) < 4.78 is 6.91. The highest BCUT2D eigenvalue weighted by atomic mass is 16.5. The van der Waals surface area contributed by atoms with Crippen molar-refractivity contribution in [1.29, 1.82) is 0 Å². The lowest BCUT2D eigenvalue weighted by molar-refractivity contribution is -0.143. The van der Waals surface area contributed by atoms with Gasteiger partial charge in [-0.25, -0.2) is 9.97 Å². The summed E-state index contributed by atoms with van der Waals surface area (Å²) in [5.74, 6) is 0.546. The molecule has 0 amide bonds. The molecule has 3 rings (SSSR count). The van der Waals surface area contributed by atoms with Crippen molar-refractivity contribution in [3.63, 3.8) is 0 Å². The number of aromatic nitrogens is 3. The Morgan fingerprint density at radius 3 is 2.75 bits per heavy atom. The maximum absolute atomic E-state index is 11.5. The summed E-state index contributed by atoms with van der Waals surface area (Å²) in [4.78, 5) is 20.2. The molecule has 0 saturated heterocycles. The van der Waals surface area contributed by atoms with Crippen LogP contribution in [0.5, 0.6) is 0 Å². The van der Waals surface area contributed by atoms with E-state index < -0.39 is 0 Å². The molecule has 1 N–H and O–H groups in total. The highest BCUT2D eigenvalue weighted by Crippen LogP contribution is 2.24. The minimum Gasteiger partial charge on any atom is -0.466 e. The van der Waals surface area contributed by atoms with Crippen LogP contribution in [0.2, 0.25) is 0 Å². The number of hydrogen-bond donors (Lipinski definition) is 1. The number of carbonyl (C=O) groups excluding carboxylic acids is 1. The summed E-state index contributed by atoms with van der Waals surface area (Å²) in [7, 11) is 0. The Labute approximate surface area is 140 Å². The average molecular weight is 324 g/mol. The van der Waals surface area contributed by atoms with Gasteiger partial charge >= 0.3 is 5.97 Å². The fourth-order valence-electron chi connectivity index (χ4n) is 2.50. The number of ether oxygens (including phenoxy) is 1. The van der Waals surface area contributed by atoms with Crippen molar-refractivity contribution in [1.82, 2.24) is 14.5 Å². The fourth-order valence-corrected chi connectivity index (χ4v) is 2.50. The Hall–Kier alpha value is -2.89. The van der Waals surface area contributed by atoms with Crippen molar-refractivity contribution in [3.8, 4) is 0 Å². The highest BCUT2D eigenvalue weighted by Gasteiger charge is 2.10. The van der Waals surface area contributed by atoms with E-state index in [-0.39, 0.29) is 5.97 Å². The summed E-state index contributed by atoms with van der Waals surface area (Å²) in [5, 5.41) is 4.24. The van der Waals surface area contributed by atoms with Crippen molar-refractivity contribution in [2.24, 2.45) is 0 Å². The molecule has 0 fully saturated rings. The zero-order valence-electron chi connectivity index (χ0n) is 13.8. The van der Waals surface area contributed by atoms with Crippen LogP contribution >= 0.6 is 0 Å². The van der Waals surface area contributed by atoms with E-state index >= 15 is 0 Å². The summed E-state index contributed by atoms with van der Waals surface area (Å²) in [6, 6.07) is 10.1. The summed E-state index contributed by atoms with van der Waals surface area (Å²) in [6.07, 6.45) is 3.76. The lowest BCUT2D eigenvalue weighted by Crippen LogP contribution is -2.08. The molecule has 3 aromatic rings. The van der Waals surface area contributed by atoms with Gasteiger partial charge in [0.2, 0.25) is 0 Å². The predicted octanol–water partition coefficient (Wildman–Crippen LogP) is 3.44. The van der Waals surface area contributed by atoms with Crippen molar-refractivity contribution < 1.29 is 9.53 Å². The van der Waals surface area contributed by atoms with Gasteiger partial charge in [-0.15, -0.1) is 0 Å². The molecule has 124 valence electrons. The van der Waals surface area contributed by atoms with Crippen LogP contribution in [0.15, 0.2) is 42.9 Å². The Bertz CT molecular complexity index is 840. The second-order valence-electron chi connectivity index (χ2n) is 5.51. The van der Waals surface area contributed by atoms with E-state index in [2.05, 4.69) is 22.2 Å². The van der Waals surface area contributed by atoms with Crippen LogP contribution in [0.25, 0.3) is 11.0 Å². The average Bonchev–Trinajstić information content (AvgIpc) is 3.00. The number of anilines is 2. The van der Waals surface area contributed by atoms with E-state index in [9.17, 15) is 4.79 Å². The first kappa shape index (κ1) is 16.0. The maximum atomic E-state index is 11.5. The number of fused-ring (bicyclic) bond motifs is 1. The second kappa shape index (κ2) is 7.12. The summed E-state index contributed by atoms with van der Waals surface area (Å²) >= 11 is 0. The molecular weight excluding hydrogens is 304 g/mol. The lowest BCUT2D eigenvalue weighted by atomic mass is 10.2. The monoisotopic (exact) mass is 324 g/mol. The third kappa shape index (κ3) is 3.53. The van der Waals surface area contributed by atoms with Gasteiger partial charge in [0.15, 0.2) is 0 Å². The Balaban J connectivity index is 1.81. The third-order valence-corrected chi connectivity index (χ3v) is 3.73. The molecule has 0 aliphatic carbocycles. The largest absolute Gasteiger partial charge is 0.466 e. The molecule has 0 aliphatic heterocycles. The van der Waals surface area contributed by atoms with Gasteiger partial charge in [-0.1, -0.05) is 17.7 Å². The molecule has 0 atom stereocenters. The minimum atomic E-state index is -0.202. The van der Waals surface area contributed by atoms with Crippen LogP contribution in [0.4, 0.5) is 11.5 Å². The third-order valence-electron chi connectivity index (χ3n) is 3.73. The van der Waals surface area contributed by atoms with E-state index in [1.54, 1.807) is 6.92 Å². The lowest BCUT2D eigenvalue weighted by Gasteiger charge is -2.08. The molecule has 1 aromatic carbocycles. The molecule has 0 radical (unpaired) electrons. The standard InChI is InChI=1S/C18H20N4O2/c1-3-24-16(23)9-11-22-10-8-15-17(19-12-20-18(15)22)21-14-6-4-13(2)5-7-14/h4-8,10,12H,3,9,11H2,1-2H3,(H,19,20,21). The fraction of sp³-hybridized carbons (Fsp3) is 0.278. The van der Waals surface area contributed by atoms with Crippen molar-refractivity contribution in [2.75, 3.05) is 11.9 Å². The minimum absolute atomic E-state index is 0.202. The molecule has 2 heterocycles. The van der Waals surface area contributed by atoms with E-state index in [4.69, 9.17) is 4.74 Å². The number of nitrogens with zero attached hydrogens (tertiary/aromatic N) is 3. The van der Waals surface area contributed by atoms with E-state index in [1.807, 2.05) is 41.1 Å². The van der Waals surface area contributed by atoms with Gasteiger partial charge < -0.3 is 14.6 Å². The molecule has 0 aliphatic rings. The Kier molecular flexibility index (Phi) is 4.74. The van der Waals surface area contributed by atoms with Gasteiger partial charge in [-0.3, -0.25) is 4.79 Å². The van der Waals surface area contributed by atoms with E-state index in [1.165, 1.54) is 11.9 Å². The number of hydrogen-bond acceptors (Lipinski definition) is 5. The van der Waals surface area contributed by atoms with Gasteiger partial charge in [0.1, 0.15) is 17.8 Å². The van der Waals surface area contributed by atoms with Crippen LogP contribution in [-0.2, 0) is 16.1 Å². The molecule has 0 saturated carbocycles. The van der Waals surface area contributed by atoms with Crippen molar-refractivity contribution in [3.05, 3.63) is 48.4 Å². The molecule has 6 nitrogen and oxygen atoms in total. The van der Waals surface area contributed by atoms with Gasteiger partial charge in [-0.2, -0.15) is 0 Å². The van der Waals surface area contributed by atoms with Crippen LogP contribution in [0.3, 0.4) is 0 Å². The zero-order chi connectivity index (χ0) is 16.9. The SMILES string of the molecule is CCOC(=O)CCn1ccc2c(Nc3ccc(C)cc3)ncnc21. The van der Waals surface area contributed by atoms with Crippen molar-refractivity contribution >= 4 is 28.5 Å². The van der Waals surface area contributed by atoms with Crippen LogP contribution < -0.4 is 5.32 Å². The first-order chi connectivity index (χ1) is 11.7. The van der Waals surface area contributed by atoms with Gasteiger partial charge in [-0.05, 0) is 32.0 Å². The molecule has 6 heteroatoms. The quantitative estimate of drug-likeness (QED) is 0.703. The first-order valence-corrected chi connectivity index (χ1v) is 7.96. The van der Waals surface area contributed by atoms with Gasteiger partial charge in [0, 0.05) is 18.4 Å². The molecule has 0 unspecified atom stereocenters. The van der Waals surface area contributed by atoms with Crippen LogP contribution in [0, 0.1) is 6.92 Å². The number of nitrogens with one attached hydrogen (secondary N) is 1. The highest BCUT2D eigenvalue weighted by molar-refractivity contribution is 5.89.